The molecule has 0 amide bonds. The van der Waals surface area contributed by atoms with Crippen LogP contribution in [0.4, 0.5) is 0 Å². The standard InChI is InChI=1S/C52H84O21/c1-23-32(56)36(60)39(63)43(68-23)72-41-35(59)27(19-53)69-45(41)71-31-11-12-48(4)29(49(31,5)22-54)10-13-51(7)30(48)9-8-24-25-18-47(2,3)14-16-52(25,17-15-50(24,51)6)46(65)73-44-40(64)37(61)34(58)28(70-44)21-67-42-38(62)33(57)26(55)20-66-42/h8,23,25-45,53-64H,9-22H2,1-7H3/t23-,25-,26+,27-,28+,29+,30+,31-,32-,33-,34+,35-,36+,37-,38+,39+,40+,41+,42-,43-,44-,45-,48-,49-,50+,51+,52-/m0/s1. The van der Waals surface area contributed by atoms with E-state index in [1.54, 1.807) is 0 Å². The fourth-order valence-corrected chi connectivity index (χ4v) is 15.9. The van der Waals surface area contributed by atoms with Gasteiger partial charge in [-0.25, -0.2) is 0 Å². The summed E-state index contributed by atoms with van der Waals surface area (Å²) in [5, 5.41) is 128. The summed E-state index contributed by atoms with van der Waals surface area (Å²) in [5.41, 5.74) is -1.58. The maximum absolute atomic E-state index is 15.0. The van der Waals surface area contributed by atoms with Crippen LogP contribution in [-0.4, -0.2) is 210 Å². The number of hydrogen-bond donors (Lipinski definition) is 12. The highest BCUT2D eigenvalue weighted by Gasteiger charge is 2.71. The van der Waals surface area contributed by atoms with Crippen molar-refractivity contribution in [3.63, 3.8) is 0 Å². The minimum Gasteiger partial charge on any atom is -0.432 e. The molecule has 4 aliphatic heterocycles. The van der Waals surface area contributed by atoms with Crippen molar-refractivity contribution >= 4 is 5.97 Å². The van der Waals surface area contributed by atoms with E-state index in [4.69, 9.17) is 37.9 Å². The van der Waals surface area contributed by atoms with Gasteiger partial charge in [-0.3, -0.25) is 4.79 Å². The minimum absolute atomic E-state index is 0.0308. The Balaban J connectivity index is 0.935. The van der Waals surface area contributed by atoms with Crippen molar-refractivity contribution in [3.05, 3.63) is 11.6 Å². The Morgan fingerprint density at radius 1 is 0.658 bits per heavy atom. The maximum atomic E-state index is 15.0. The molecule has 73 heavy (non-hydrogen) atoms. The van der Waals surface area contributed by atoms with Crippen molar-refractivity contribution in [2.75, 3.05) is 26.4 Å². The number of aliphatic hydroxyl groups excluding tert-OH is 12. The van der Waals surface area contributed by atoms with Crippen LogP contribution in [0.3, 0.4) is 0 Å². The van der Waals surface area contributed by atoms with Crippen LogP contribution in [0.15, 0.2) is 11.6 Å². The summed E-state index contributed by atoms with van der Waals surface area (Å²) in [6.07, 6.45) is -17.7. The Labute approximate surface area is 426 Å². The van der Waals surface area contributed by atoms with Crippen LogP contribution in [-0.2, 0) is 42.7 Å². The van der Waals surface area contributed by atoms with Gasteiger partial charge in [0.15, 0.2) is 18.9 Å². The molecule has 9 aliphatic rings. The van der Waals surface area contributed by atoms with Crippen molar-refractivity contribution in [1.82, 2.24) is 0 Å². The monoisotopic (exact) mass is 1040 g/mol. The molecule has 5 aliphatic carbocycles. The molecule has 0 spiro atoms. The first kappa shape index (κ1) is 56.2. The van der Waals surface area contributed by atoms with Gasteiger partial charge < -0.3 is 99.2 Å². The van der Waals surface area contributed by atoms with Gasteiger partial charge in [0.2, 0.25) is 6.29 Å². The maximum Gasteiger partial charge on any atom is 0.315 e. The van der Waals surface area contributed by atoms with Crippen LogP contribution >= 0.6 is 0 Å². The molecule has 9 rings (SSSR count). The topological polar surface area (TPSA) is 334 Å². The highest BCUT2D eigenvalue weighted by Crippen LogP contribution is 2.76. The third kappa shape index (κ3) is 9.10. The van der Waals surface area contributed by atoms with Crippen molar-refractivity contribution in [3.8, 4) is 0 Å². The fraction of sp³-hybridized carbons (Fsp3) is 0.942. The summed E-state index contributed by atoms with van der Waals surface area (Å²) < 4.78 is 47.6. The van der Waals surface area contributed by atoms with Gasteiger partial charge >= 0.3 is 5.97 Å². The van der Waals surface area contributed by atoms with Gasteiger partial charge in [0.1, 0.15) is 79.4 Å². The van der Waals surface area contributed by atoms with Gasteiger partial charge in [-0.05, 0) is 111 Å². The zero-order valence-electron chi connectivity index (χ0n) is 43.2. The quantitative estimate of drug-likeness (QED) is 0.0894. The lowest BCUT2D eigenvalue weighted by molar-refractivity contribution is -0.329. The highest BCUT2D eigenvalue weighted by atomic mass is 16.8. The predicted octanol–water partition coefficient (Wildman–Crippen LogP) is -0.757. The van der Waals surface area contributed by atoms with E-state index in [1.807, 2.05) is 6.92 Å². The van der Waals surface area contributed by atoms with Crippen molar-refractivity contribution in [2.24, 2.45) is 50.2 Å². The van der Waals surface area contributed by atoms with Crippen molar-refractivity contribution < 1.29 is 104 Å². The van der Waals surface area contributed by atoms with Crippen LogP contribution in [0.1, 0.15) is 113 Å². The van der Waals surface area contributed by atoms with Crippen LogP contribution < -0.4 is 0 Å². The smallest absolute Gasteiger partial charge is 0.315 e. The van der Waals surface area contributed by atoms with Crippen molar-refractivity contribution in [2.45, 2.75) is 229 Å². The Morgan fingerprint density at radius 2 is 1.32 bits per heavy atom. The molecule has 21 nitrogen and oxygen atoms in total. The number of allylic oxidation sites excluding steroid dienone is 2. The van der Waals surface area contributed by atoms with Gasteiger partial charge in [0, 0.05) is 5.41 Å². The van der Waals surface area contributed by atoms with E-state index < -0.39 is 147 Å². The van der Waals surface area contributed by atoms with Gasteiger partial charge in [0.25, 0.3) is 0 Å². The van der Waals surface area contributed by atoms with Crippen molar-refractivity contribution in [1.29, 1.82) is 0 Å². The molecular weight excluding hydrogens is 961 g/mol. The zero-order valence-corrected chi connectivity index (χ0v) is 43.2. The number of aliphatic hydroxyl groups is 12. The Bertz CT molecular complexity index is 2010. The molecule has 4 saturated heterocycles. The third-order valence-electron chi connectivity index (χ3n) is 20.8. The van der Waals surface area contributed by atoms with E-state index in [2.05, 4.69) is 40.7 Å². The summed E-state index contributed by atoms with van der Waals surface area (Å²) in [6, 6.07) is 0. The molecular formula is C52H84O21. The second kappa shape index (κ2) is 20.3. The molecule has 0 aromatic carbocycles. The Hall–Kier alpha value is -1.55. The Kier molecular flexibility index (Phi) is 15.6. The minimum atomic E-state index is -1.80. The molecule has 418 valence electrons. The fourth-order valence-electron chi connectivity index (χ4n) is 15.9. The van der Waals surface area contributed by atoms with Gasteiger partial charge in [0.05, 0.1) is 44.1 Å². The first-order chi connectivity index (χ1) is 34.2. The molecule has 0 unspecified atom stereocenters. The first-order valence-electron chi connectivity index (χ1n) is 26.7. The number of hydrogen-bond acceptors (Lipinski definition) is 21. The number of esters is 1. The predicted molar refractivity (Wildman–Crippen MR) is 251 cm³/mol. The normalized spacial score (nSPS) is 54.8. The van der Waals surface area contributed by atoms with Crippen LogP contribution in [0.25, 0.3) is 0 Å². The Morgan fingerprint density at radius 3 is 2.01 bits per heavy atom. The average Bonchev–Trinajstić information content (AvgIpc) is 3.65. The molecule has 0 aromatic rings. The molecule has 0 aromatic heterocycles. The van der Waals surface area contributed by atoms with E-state index in [9.17, 15) is 61.3 Å². The number of ether oxygens (including phenoxy) is 8. The zero-order chi connectivity index (χ0) is 53.1. The second-order valence-electron chi connectivity index (χ2n) is 25.2. The lowest BCUT2D eigenvalue weighted by Gasteiger charge is -2.71. The SMILES string of the molecule is C[C@@H]1O[C@@H](O[C@H]2[C@H](O[C@H]3CC[C@@]4(C)[C@@H](CC[C@]5(C)[C@@H]4CC=C4[C@@H]6CC(C)(C)CC[C@]6(C(=O)O[C@@H]6O[C@H](CO[C@@H]7OC[C@@H](O)[C@H](O)[C@H]7O)[C@@H](O)[C@H](O)[C@H]6O)CC[C@]45C)[C@]3(C)CO)O[C@@H](CO)[C@@H]2O)[C@H](O)[C@H](O)[C@H]1O. The molecule has 4 heterocycles. The number of carbonyl (C=O) groups excluding carboxylic acids is 1. The number of carbonyl (C=O) groups is 1. The van der Waals surface area contributed by atoms with Crippen LogP contribution in [0, 0.1) is 50.2 Å². The molecule has 0 radical (unpaired) electrons. The largest absolute Gasteiger partial charge is 0.432 e. The van der Waals surface area contributed by atoms with E-state index >= 15 is 4.79 Å². The number of fused-ring (bicyclic) bond motifs is 7. The first-order valence-corrected chi connectivity index (χ1v) is 26.7. The molecule has 12 N–H and O–H groups in total. The molecule has 4 saturated carbocycles. The summed E-state index contributed by atoms with van der Waals surface area (Å²) in [5.74, 6) is -0.654. The third-order valence-corrected chi connectivity index (χ3v) is 20.8. The molecule has 21 heteroatoms. The summed E-state index contributed by atoms with van der Waals surface area (Å²) in [6.45, 7) is 13.5. The average molecular weight is 1050 g/mol. The van der Waals surface area contributed by atoms with Crippen LogP contribution in [0.2, 0.25) is 0 Å². The lowest BCUT2D eigenvalue weighted by Crippen LogP contribution is -2.66. The van der Waals surface area contributed by atoms with E-state index in [-0.39, 0.29) is 52.6 Å². The van der Waals surface area contributed by atoms with E-state index in [1.165, 1.54) is 12.5 Å². The van der Waals surface area contributed by atoms with Gasteiger partial charge in [-0.15, -0.1) is 0 Å². The van der Waals surface area contributed by atoms with E-state index in [0.29, 0.717) is 32.1 Å². The summed E-state index contributed by atoms with van der Waals surface area (Å²) >= 11 is 0. The number of rotatable bonds is 11. The lowest BCUT2D eigenvalue weighted by atomic mass is 9.33. The molecule has 27 atom stereocenters. The summed E-state index contributed by atoms with van der Waals surface area (Å²) in [4.78, 5) is 15.0. The highest BCUT2D eigenvalue weighted by molar-refractivity contribution is 5.79. The van der Waals surface area contributed by atoms with Gasteiger partial charge in [-0.1, -0.05) is 53.2 Å². The van der Waals surface area contributed by atoms with Crippen LogP contribution in [0.5, 0.6) is 0 Å². The van der Waals surface area contributed by atoms with Gasteiger partial charge in [-0.2, -0.15) is 0 Å². The molecule has 8 fully saturated rings. The summed E-state index contributed by atoms with van der Waals surface area (Å²) in [7, 11) is 0. The second-order valence-corrected chi connectivity index (χ2v) is 25.2. The molecule has 0 bridgehead atoms. The van der Waals surface area contributed by atoms with E-state index in [0.717, 1.165) is 32.1 Å².